The van der Waals surface area contributed by atoms with Crippen molar-refractivity contribution in [1.29, 1.82) is 0 Å². The zero-order chi connectivity index (χ0) is 15.7. The van der Waals surface area contributed by atoms with Gasteiger partial charge in [0.1, 0.15) is 5.82 Å². The van der Waals surface area contributed by atoms with Gasteiger partial charge in [-0.3, -0.25) is 5.10 Å². The fraction of sp³-hybridized carbons (Fsp3) is 0.0667. The zero-order valence-corrected chi connectivity index (χ0v) is 13.3. The Kier molecular flexibility index (Phi) is 4.34. The number of hydrogen-bond donors (Lipinski definition) is 1. The minimum Gasteiger partial charge on any atom is -0.259 e. The van der Waals surface area contributed by atoms with Crippen LogP contribution >= 0.6 is 34.8 Å². The smallest absolute Gasteiger partial charge is 0.181 e. The van der Waals surface area contributed by atoms with Crippen molar-refractivity contribution in [2.24, 2.45) is 0 Å². The second-order valence-electron chi connectivity index (χ2n) is 4.54. The van der Waals surface area contributed by atoms with E-state index >= 15 is 0 Å². The van der Waals surface area contributed by atoms with Crippen LogP contribution in [-0.2, 0) is 5.88 Å². The first kappa shape index (κ1) is 15.3. The van der Waals surface area contributed by atoms with Gasteiger partial charge < -0.3 is 0 Å². The fourth-order valence-corrected chi connectivity index (χ4v) is 2.82. The maximum atomic E-state index is 13.9. The molecule has 7 heteroatoms. The molecule has 0 aliphatic carbocycles. The summed E-state index contributed by atoms with van der Waals surface area (Å²) in [5.41, 5.74) is 1.71. The second-order valence-corrected chi connectivity index (χ2v) is 5.63. The number of aromatic nitrogens is 3. The van der Waals surface area contributed by atoms with Crippen molar-refractivity contribution in [2.45, 2.75) is 5.88 Å². The summed E-state index contributed by atoms with van der Waals surface area (Å²) in [6.45, 7) is 0. The van der Waals surface area contributed by atoms with E-state index in [1.165, 1.54) is 12.1 Å². The fourth-order valence-electron chi connectivity index (χ4n) is 2.02. The zero-order valence-electron chi connectivity index (χ0n) is 11.1. The molecule has 1 aromatic heterocycles. The first-order chi connectivity index (χ1) is 10.6. The molecule has 1 N–H and O–H groups in total. The lowest BCUT2D eigenvalue weighted by atomic mass is 10.1. The maximum absolute atomic E-state index is 13.9. The number of H-pyrrole nitrogens is 1. The molecule has 3 rings (SSSR count). The van der Waals surface area contributed by atoms with Gasteiger partial charge in [-0.1, -0.05) is 41.4 Å². The molecule has 0 unspecified atom stereocenters. The minimum absolute atomic E-state index is 0.186. The maximum Gasteiger partial charge on any atom is 0.181 e. The Morgan fingerprint density at radius 2 is 1.91 bits per heavy atom. The molecule has 3 nitrogen and oxygen atoms in total. The molecule has 0 saturated carbocycles. The Morgan fingerprint density at radius 3 is 2.59 bits per heavy atom. The Balaban J connectivity index is 2.02. The number of hydrogen-bond acceptors (Lipinski definition) is 2. The van der Waals surface area contributed by atoms with Crippen LogP contribution in [0.3, 0.4) is 0 Å². The van der Waals surface area contributed by atoms with Gasteiger partial charge in [0.25, 0.3) is 0 Å². The number of alkyl halides is 1. The summed E-state index contributed by atoms with van der Waals surface area (Å²) >= 11 is 17.9. The van der Waals surface area contributed by atoms with E-state index < -0.39 is 5.82 Å². The van der Waals surface area contributed by atoms with Gasteiger partial charge >= 0.3 is 0 Å². The van der Waals surface area contributed by atoms with Crippen LogP contribution < -0.4 is 0 Å². The van der Waals surface area contributed by atoms with Gasteiger partial charge in [0.15, 0.2) is 11.6 Å². The summed E-state index contributed by atoms with van der Waals surface area (Å²) < 4.78 is 13.9. The first-order valence-corrected chi connectivity index (χ1v) is 7.60. The van der Waals surface area contributed by atoms with Gasteiger partial charge in [-0.15, -0.1) is 11.6 Å². The molecular weight excluding hydrogens is 348 g/mol. The van der Waals surface area contributed by atoms with E-state index in [1.54, 1.807) is 24.3 Å². The molecule has 0 aliphatic heterocycles. The van der Waals surface area contributed by atoms with Crippen molar-refractivity contribution in [3.8, 4) is 22.8 Å². The standard InChI is InChI=1S/C15H9Cl3FN3/c16-7-9-5-4-8(6-11(9)18)14-20-15(22-21-14)13-10(17)2-1-3-12(13)19/h1-6H,7H2,(H,20,21,22). The summed E-state index contributed by atoms with van der Waals surface area (Å²) in [4.78, 5) is 4.29. The van der Waals surface area contributed by atoms with Crippen LogP contribution in [-0.4, -0.2) is 15.2 Å². The Morgan fingerprint density at radius 1 is 1.09 bits per heavy atom. The first-order valence-electron chi connectivity index (χ1n) is 6.31. The van der Waals surface area contributed by atoms with Crippen molar-refractivity contribution in [3.63, 3.8) is 0 Å². The number of nitrogens with zero attached hydrogens (tertiary/aromatic N) is 2. The van der Waals surface area contributed by atoms with E-state index in [2.05, 4.69) is 15.2 Å². The number of aromatic amines is 1. The van der Waals surface area contributed by atoms with Crippen LogP contribution in [0, 0.1) is 5.82 Å². The van der Waals surface area contributed by atoms with E-state index in [0.29, 0.717) is 22.3 Å². The van der Waals surface area contributed by atoms with E-state index in [1.807, 2.05) is 0 Å². The molecule has 0 aliphatic rings. The van der Waals surface area contributed by atoms with Crippen LogP contribution in [0.2, 0.25) is 10.0 Å². The number of benzene rings is 2. The van der Waals surface area contributed by atoms with Crippen molar-refractivity contribution < 1.29 is 4.39 Å². The number of rotatable bonds is 3. The lowest BCUT2D eigenvalue weighted by Gasteiger charge is -2.02. The molecular formula is C15H9Cl3FN3. The third-order valence-corrected chi connectivity index (χ3v) is 4.09. The van der Waals surface area contributed by atoms with Crippen molar-refractivity contribution in [2.75, 3.05) is 0 Å². The van der Waals surface area contributed by atoms with Gasteiger partial charge in [-0.25, -0.2) is 9.37 Å². The summed E-state index contributed by atoms with van der Waals surface area (Å²) in [7, 11) is 0. The summed E-state index contributed by atoms with van der Waals surface area (Å²) in [5, 5.41) is 7.58. The molecule has 0 fully saturated rings. The van der Waals surface area contributed by atoms with Crippen LogP contribution in [0.5, 0.6) is 0 Å². The third kappa shape index (κ3) is 2.82. The van der Waals surface area contributed by atoms with Crippen molar-refractivity contribution >= 4 is 34.8 Å². The highest BCUT2D eigenvalue weighted by Gasteiger charge is 2.15. The topological polar surface area (TPSA) is 41.6 Å². The Bertz CT molecular complexity index is 812. The monoisotopic (exact) mass is 355 g/mol. The number of nitrogens with one attached hydrogen (secondary N) is 1. The lowest BCUT2D eigenvalue weighted by molar-refractivity contribution is 0.630. The van der Waals surface area contributed by atoms with E-state index in [-0.39, 0.29) is 16.4 Å². The molecule has 3 aromatic rings. The molecule has 2 aromatic carbocycles. The Labute approximate surface area is 141 Å². The highest BCUT2D eigenvalue weighted by atomic mass is 35.5. The van der Waals surface area contributed by atoms with Crippen LogP contribution in [0.1, 0.15) is 5.56 Å². The van der Waals surface area contributed by atoms with Gasteiger partial charge in [0, 0.05) is 16.5 Å². The van der Waals surface area contributed by atoms with Crippen LogP contribution in [0.15, 0.2) is 36.4 Å². The van der Waals surface area contributed by atoms with Crippen molar-refractivity contribution in [3.05, 3.63) is 57.8 Å². The number of halogens is 4. The molecule has 1 heterocycles. The second kappa shape index (κ2) is 6.24. The van der Waals surface area contributed by atoms with Gasteiger partial charge in [0.2, 0.25) is 0 Å². The molecule has 0 atom stereocenters. The average Bonchev–Trinajstić information content (AvgIpc) is 2.96. The van der Waals surface area contributed by atoms with Crippen LogP contribution in [0.25, 0.3) is 22.8 Å². The van der Waals surface area contributed by atoms with Gasteiger partial charge in [-0.05, 0) is 23.8 Å². The largest absolute Gasteiger partial charge is 0.259 e. The van der Waals surface area contributed by atoms with Gasteiger partial charge in [0.05, 0.1) is 10.6 Å². The highest BCUT2D eigenvalue weighted by molar-refractivity contribution is 6.33. The molecule has 22 heavy (non-hydrogen) atoms. The SMILES string of the molecule is Fc1cccc(Cl)c1-c1nc(-c2ccc(CCl)c(Cl)c2)n[nH]1. The molecule has 0 bridgehead atoms. The summed E-state index contributed by atoms with van der Waals surface area (Å²) in [6, 6.07) is 9.76. The lowest BCUT2D eigenvalue weighted by Crippen LogP contribution is -1.88. The average molecular weight is 357 g/mol. The minimum atomic E-state index is -0.467. The van der Waals surface area contributed by atoms with E-state index in [4.69, 9.17) is 34.8 Å². The summed E-state index contributed by atoms with van der Waals surface area (Å²) in [6.07, 6.45) is 0. The normalized spacial score (nSPS) is 10.9. The highest BCUT2D eigenvalue weighted by Crippen LogP contribution is 2.30. The quantitative estimate of drug-likeness (QED) is 0.645. The van der Waals surface area contributed by atoms with E-state index in [0.717, 1.165) is 5.56 Å². The van der Waals surface area contributed by atoms with Gasteiger partial charge in [-0.2, -0.15) is 5.10 Å². The van der Waals surface area contributed by atoms with E-state index in [9.17, 15) is 4.39 Å². The molecule has 0 amide bonds. The molecule has 0 radical (unpaired) electrons. The predicted octanol–water partition coefficient (Wildman–Crippen LogP) is 5.32. The van der Waals surface area contributed by atoms with Crippen LogP contribution in [0.4, 0.5) is 4.39 Å². The third-order valence-electron chi connectivity index (χ3n) is 3.14. The molecule has 0 spiro atoms. The Hall–Kier alpha value is -1.62. The summed E-state index contributed by atoms with van der Waals surface area (Å²) in [5.74, 6) is 0.516. The molecule has 0 saturated heterocycles. The molecule has 112 valence electrons. The van der Waals surface area contributed by atoms with Crippen molar-refractivity contribution in [1.82, 2.24) is 15.2 Å². The predicted molar refractivity (Wildman–Crippen MR) is 86.8 cm³/mol.